The molecule has 21 heavy (non-hydrogen) atoms. The van der Waals surface area contributed by atoms with E-state index in [-0.39, 0.29) is 6.10 Å². The maximum atomic E-state index is 6.10. The third-order valence-electron chi connectivity index (χ3n) is 3.83. The lowest BCUT2D eigenvalue weighted by Gasteiger charge is -2.20. The molecule has 1 aromatic carbocycles. The first-order valence-electron chi connectivity index (χ1n) is 7.90. The third kappa shape index (κ3) is 4.18. The Labute approximate surface area is 127 Å². The number of benzene rings is 1. The fourth-order valence-electron chi connectivity index (χ4n) is 2.48. The molecule has 0 aliphatic rings. The Kier molecular flexibility index (Phi) is 5.57. The van der Waals surface area contributed by atoms with Gasteiger partial charge in [0.05, 0.1) is 0 Å². The molecule has 1 unspecified atom stereocenters. The van der Waals surface area contributed by atoms with Crippen LogP contribution in [0.3, 0.4) is 0 Å². The molecule has 2 aromatic rings. The minimum atomic E-state index is 0.124. The molecule has 0 amide bonds. The maximum absolute atomic E-state index is 6.10. The molecule has 1 aromatic heterocycles. The van der Waals surface area contributed by atoms with Crippen LogP contribution in [0, 0.1) is 6.92 Å². The summed E-state index contributed by atoms with van der Waals surface area (Å²) in [7, 11) is 0. The summed E-state index contributed by atoms with van der Waals surface area (Å²) in [5, 5.41) is 4.68. The van der Waals surface area contributed by atoms with Crippen LogP contribution >= 0.6 is 0 Å². The molecule has 1 N–H and O–H groups in total. The van der Waals surface area contributed by atoms with Crippen LogP contribution in [0.15, 0.2) is 30.3 Å². The fourth-order valence-corrected chi connectivity index (χ4v) is 2.48. The molecule has 1 heterocycles. The highest BCUT2D eigenvalue weighted by Gasteiger charge is 2.10. The van der Waals surface area contributed by atoms with Gasteiger partial charge in [0.2, 0.25) is 0 Å². The number of para-hydroxylation sites is 1. The zero-order chi connectivity index (χ0) is 15.2. The molecule has 0 spiro atoms. The number of ether oxygens (including phenoxy) is 1. The van der Waals surface area contributed by atoms with E-state index in [1.165, 1.54) is 0 Å². The Bertz CT molecular complexity index is 578. The summed E-state index contributed by atoms with van der Waals surface area (Å²) in [6.45, 7) is 9.39. The van der Waals surface area contributed by atoms with Gasteiger partial charge in [0, 0.05) is 23.7 Å². The minimum Gasteiger partial charge on any atom is -0.487 e. The summed E-state index contributed by atoms with van der Waals surface area (Å²) in [6.07, 6.45) is 2.43. The summed E-state index contributed by atoms with van der Waals surface area (Å²) in [5.41, 5.74) is 1.97. The van der Waals surface area contributed by atoms with E-state index in [0.717, 1.165) is 41.7 Å². The van der Waals surface area contributed by atoms with Gasteiger partial charge < -0.3 is 10.1 Å². The van der Waals surface area contributed by atoms with E-state index in [1.807, 2.05) is 25.1 Å². The van der Waals surface area contributed by atoms with Crippen molar-refractivity contribution >= 4 is 10.9 Å². The van der Waals surface area contributed by atoms with Gasteiger partial charge >= 0.3 is 0 Å². The van der Waals surface area contributed by atoms with E-state index in [4.69, 9.17) is 4.74 Å². The van der Waals surface area contributed by atoms with Crippen molar-refractivity contribution in [1.29, 1.82) is 0 Å². The lowest BCUT2D eigenvalue weighted by Crippen LogP contribution is -2.36. The van der Waals surface area contributed by atoms with Crippen LogP contribution < -0.4 is 10.1 Å². The Morgan fingerprint density at radius 1 is 1.14 bits per heavy atom. The number of aromatic nitrogens is 1. The zero-order valence-electron chi connectivity index (χ0n) is 13.5. The SMILES string of the molecule is CCC(CC)NCC(C)Oc1cccc2ccc(C)nc12. The summed E-state index contributed by atoms with van der Waals surface area (Å²) in [6, 6.07) is 10.8. The quantitative estimate of drug-likeness (QED) is 0.832. The fraction of sp³-hybridized carbons (Fsp3) is 0.500. The molecule has 0 bridgehead atoms. The Balaban J connectivity index is 2.07. The first kappa shape index (κ1) is 15.8. The van der Waals surface area contributed by atoms with Gasteiger partial charge in [-0.25, -0.2) is 4.98 Å². The van der Waals surface area contributed by atoms with E-state index in [0.29, 0.717) is 6.04 Å². The predicted octanol–water partition coefficient (Wildman–Crippen LogP) is 4.09. The van der Waals surface area contributed by atoms with Crippen LogP contribution in [-0.2, 0) is 0 Å². The van der Waals surface area contributed by atoms with Crippen molar-refractivity contribution in [3.63, 3.8) is 0 Å². The van der Waals surface area contributed by atoms with Crippen molar-refractivity contribution in [2.75, 3.05) is 6.54 Å². The van der Waals surface area contributed by atoms with Gasteiger partial charge in [0.1, 0.15) is 17.4 Å². The van der Waals surface area contributed by atoms with Crippen molar-refractivity contribution in [2.24, 2.45) is 0 Å². The average molecular weight is 286 g/mol. The number of aryl methyl sites for hydroxylation is 1. The highest BCUT2D eigenvalue weighted by Crippen LogP contribution is 2.24. The van der Waals surface area contributed by atoms with E-state index < -0.39 is 0 Å². The maximum Gasteiger partial charge on any atom is 0.146 e. The second kappa shape index (κ2) is 7.41. The molecular formula is C18H26N2O. The van der Waals surface area contributed by atoms with Gasteiger partial charge in [-0.3, -0.25) is 0 Å². The van der Waals surface area contributed by atoms with Crippen LogP contribution in [0.2, 0.25) is 0 Å². The summed E-state index contributed by atoms with van der Waals surface area (Å²) in [5.74, 6) is 0.870. The molecule has 3 heteroatoms. The molecule has 0 radical (unpaired) electrons. The summed E-state index contributed by atoms with van der Waals surface area (Å²) >= 11 is 0. The van der Waals surface area contributed by atoms with Crippen molar-refractivity contribution in [3.05, 3.63) is 36.0 Å². The van der Waals surface area contributed by atoms with Crippen molar-refractivity contribution in [2.45, 2.75) is 52.7 Å². The van der Waals surface area contributed by atoms with Gasteiger partial charge in [-0.2, -0.15) is 0 Å². The van der Waals surface area contributed by atoms with Crippen LogP contribution in [-0.4, -0.2) is 23.7 Å². The second-order valence-electron chi connectivity index (χ2n) is 5.63. The van der Waals surface area contributed by atoms with Crippen LogP contribution in [0.1, 0.15) is 39.3 Å². The highest BCUT2D eigenvalue weighted by molar-refractivity contribution is 5.84. The average Bonchev–Trinajstić information content (AvgIpc) is 2.49. The second-order valence-corrected chi connectivity index (χ2v) is 5.63. The van der Waals surface area contributed by atoms with Gasteiger partial charge in [0.25, 0.3) is 0 Å². The zero-order valence-corrected chi connectivity index (χ0v) is 13.5. The van der Waals surface area contributed by atoms with Gasteiger partial charge in [0.15, 0.2) is 0 Å². The van der Waals surface area contributed by atoms with Gasteiger partial charge in [-0.05, 0) is 38.8 Å². The van der Waals surface area contributed by atoms with E-state index in [1.54, 1.807) is 0 Å². The standard InChI is InChI=1S/C18H26N2O/c1-5-16(6-2)19-12-14(4)21-17-9-7-8-15-11-10-13(3)20-18(15)17/h7-11,14,16,19H,5-6,12H2,1-4H3. The van der Waals surface area contributed by atoms with Crippen molar-refractivity contribution in [3.8, 4) is 5.75 Å². The number of fused-ring (bicyclic) bond motifs is 1. The van der Waals surface area contributed by atoms with Crippen LogP contribution in [0.4, 0.5) is 0 Å². The Morgan fingerprint density at radius 2 is 1.90 bits per heavy atom. The minimum absolute atomic E-state index is 0.124. The number of rotatable bonds is 7. The number of nitrogens with zero attached hydrogens (tertiary/aromatic N) is 1. The molecule has 0 saturated carbocycles. The molecule has 3 nitrogen and oxygen atoms in total. The molecule has 0 fully saturated rings. The number of pyridine rings is 1. The van der Waals surface area contributed by atoms with Gasteiger partial charge in [-0.1, -0.05) is 32.0 Å². The number of nitrogens with one attached hydrogen (secondary N) is 1. The van der Waals surface area contributed by atoms with Gasteiger partial charge in [-0.15, -0.1) is 0 Å². The molecule has 0 aliphatic carbocycles. The number of hydrogen-bond donors (Lipinski definition) is 1. The predicted molar refractivity (Wildman–Crippen MR) is 88.9 cm³/mol. The third-order valence-corrected chi connectivity index (χ3v) is 3.83. The normalized spacial score (nSPS) is 12.8. The molecular weight excluding hydrogens is 260 g/mol. The first-order valence-corrected chi connectivity index (χ1v) is 7.90. The molecule has 0 aliphatic heterocycles. The molecule has 0 saturated heterocycles. The first-order chi connectivity index (χ1) is 10.1. The lowest BCUT2D eigenvalue weighted by atomic mass is 10.1. The van der Waals surface area contributed by atoms with E-state index >= 15 is 0 Å². The Morgan fingerprint density at radius 3 is 2.62 bits per heavy atom. The van der Waals surface area contributed by atoms with Crippen LogP contribution in [0.25, 0.3) is 10.9 Å². The topological polar surface area (TPSA) is 34.1 Å². The monoisotopic (exact) mass is 286 g/mol. The smallest absolute Gasteiger partial charge is 0.146 e. The lowest BCUT2D eigenvalue weighted by molar-refractivity contribution is 0.212. The number of hydrogen-bond acceptors (Lipinski definition) is 3. The molecule has 2 rings (SSSR count). The molecule has 1 atom stereocenters. The van der Waals surface area contributed by atoms with E-state index in [9.17, 15) is 0 Å². The van der Waals surface area contributed by atoms with Crippen molar-refractivity contribution < 1.29 is 4.74 Å². The van der Waals surface area contributed by atoms with Crippen LogP contribution in [0.5, 0.6) is 5.75 Å². The highest BCUT2D eigenvalue weighted by atomic mass is 16.5. The summed E-state index contributed by atoms with van der Waals surface area (Å²) < 4.78 is 6.10. The molecule has 114 valence electrons. The largest absolute Gasteiger partial charge is 0.487 e. The van der Waals surface area contributed by atoms with E-state index in [2.05, 4.69) is 43.2 Å². The van der Waals surface area contributed by atoms with Crippen molar-refractivity contribution in [1.82, 2.24) is 10.3 Å². The summed E-state index contributed by atoms with van der Waals surface area (Å²) in [4.78, 5) is 4.61. The Hall–Kier alpha value is -1.61.